The second-order valence-electron chi connectivity index (χ2n) is 8.19. The van der Waals surface area contributed by atoms with Crippen LogP contribution in [0.15, 0.2) is 0 Å². The van der Waals surface area contributed by atoms with Gasteiger partial charge in [0.1, 0.15) is 12.2 Å². The SMILES string of the molecule is CCCCCC1CCCCC(CCCCC)OC(=O)CC(O)(C(=O)O)CC(=O)O1. The van der Waals surface area contributed by atoms with Gasteiger partial charge in [0.2, 0.25) is 0 Å². The van der Waals surface area contributed by atoms with Crippen LogP contribution in [0.5, 0.6) is 0 Å². The van der Waals surface area contributed by atoms with E-state index in [1.54, 1.807) is 0 Å². The van der Waals surface area contributed by atoms with Gasteiger partial charge in [-0.1, -0.05) is 39.5 Å². The van der Waals surface area contributed by atoms with Crippen LogP contribution in [-0.4, -0.2) is 45.9 Å². The number of esters is 2. The molecule has 0 aromatic rings. The summed E-state index contributed by atoms with van der Waals surface area (Å²) in [4.78, 5) is 36.2. The zero-order chi connectivity index (χ0) is 21.7. The minimum atomic E-state index is -2.51. The first-order chi connectivity index (χ1) is 13.8. The smallest absolute Gasteiger partial charge is 0.336 e. The zero-order valence-electron chi connectivity index (χ0n) is 18.0. The standard InChI is InChI=1S/C22H38O7/c1-3-5-7-11-17-13-9-10-14-18(12-8-6-4-2)29-20(24)16-22(27,21(25)26)15-19(23)28-17/h17-18,27H,3-16H2,1-2H3,(H,25,26). The molecule has 0 amide bonds. The molecule has 7 heteroatoms. The lowest BCUT2D eigenvalue weighted by Gasteiger charge is -2.24. The number of carbonyl (C=O) groups is 3. The number of cyclic esters (lactones) is 2. The number of hydrogen-bond acceptors (Lipinski definition) is 6. The van der Waals surface area contributed by atoms with Gasteiger partial charge in [-0.2, -0.15) is 0 Å². The molecule has 0 aromatic heterocycles. The maximum Gasteiger partial charge on any atom is 0.336 e. The van der Waals surface area contributed by atoms with E-state index in [9.17, 15) is 24.6 Å². The molecule has 2 N–H and O–H groups in total. The van der Waals surface area contributed by atoms with Crippen LogP contribution in [0, 0.1) is 0 Å². The lowest BCUT2D eigenvalue weighted by Crippen LogP contribution is -2.44. The fourth-order valence-corrected chi connectivity index (χ4v) is 3.66. The normalized spacial score (nSPS) is 27.1. The van der Waals surface area contributed by atoms with Gasteiger partial charge in [0.25, 0.3) is 0 Å². The van der Waals surface area contributed by atoms with Crippen LogP contribution in [0.1, 0.15) is 104 Å². The molecule has 7 nitrogen and oxygen atoms in total. The number of hydrogen-bond donors (Lipinski definition) is 2. The molecule has 1 saturated heterocycles. The highest BCUT2D eigenvalue weighted by molar-refractivity contribution is 5.89. The first-order valence-electron chi connectivity index (χ1n) is 11.2. The third kappa shape index (κ3) is 10.1. The summed E-state index contributed by atoms with van der Waals surface area (Å²) in [7, 11) is 0. The molecule has 0 spiro atoms. The molecular weight excluding hydrogens is 376 g/mol. The summed E-state index contributed by atoms with van der Waals surface area (Å²) in [6.45, 7) is 4.19. The molecule has 168 valence electrons. The summed E-state index contributed by atoms with van der Waals surface area (Å²) < 4.78 is 11.0. The minimum absolute atomic E-state index is 0.289. The Morgan fingerprint density at radius 2 is 1.31 bits per heavy atom. The average molecular weight is 415 g/mol. The van der Waals surface area contributed by atoms with Crippen molar-refractivity contribution in [3.05, 3.63) is 0 Å². The number of aliphatic hydroxyl groups is 1. The molecule has 29 heavy (non-hydrogen) atoms. The fraction of sp³-hybridized carbons (Fsp3) is 0.864. The molecule has 1 rings (SSSR count). The summed E-state index contributed by atoms with van der Waals surface area (Å²) >= 11 is 0. The molecule has 0 saturated carbocycles. The Kier molecular flexibility index (Phi) is 11.9. The Hall–Kier alpha value is -1.63. The van der Waals surface area contributed by atoms with E-state index < -0.39 is 36.4 Å². The van der Waals surface area contributed by atoms with E-state index in [0.717, 1.165) is 64.2 Å². The first kappa shape index (κ1) is 25.4. The number of carboxylic acid groups (broad SMARTS) is 1. The fourth-order valence-electron chi connectivity index (χ4n) is 3.66. The predicted molar refractivity (Wildman–Crippen MR) is 108 cm³/mol. The van der Waals surface area contributed by atoms with Crippen LogP contribution in [0.3, 0.4) is 0 Å². The molecule has 2 unspecified atom stereocenters. The summed E-state index contributed by atoms with van der Waals surface area (Å²) in [6, 6.07) is 0. The molecule has 0 aliphatic carbocycles. The van der Waals surface area contributed by atoms with Crippen molar-refractivity contribution in [2.45, 2.75) is 122 Å². The van der Waals surface area contributed by atoms with Gasteiger partial charge < -0.3 is 19.7 Å². The Morgan fingerprint density at radius 3 is 1.66 bits per heavy atom. The third-order valence-corrected chi connectivity index (χ3v) is 5.43. The highest BCUT2D eigenvalue weighted by atomic mass is 16.6. The number of carbonyl (C=O) groups excluding carboxylic acids is 2. The van der Waals surface area contributed by atoms with Crippen molar-refractivity contribution in [1.29, 1.82) is 0 Å². The van der Waals surface area contributed by atoms with E-state index in [2.05, 4.69) is 13.8 Å². The van der Waals surface area contributed by atoms with Crippen LogP contribution >= 0.6 is 0 Å². The molecule has 1 aliphatic heterocycles. The van der Waals surface area contributed by atoms with Crippen molar-refractivity contribution in [1.82, 2.24) is 0 Å². The van der Waals surface area contributed by atoms with Crippen molar-refractivity contribution in [2.75, 3.05) is 0 Å². The monoisotopic (exact) mass is 414 g/mol. The van der Waals surface area contributed by atoms with Gasteiger partial charge in [0.15, 0.2) is 5.60 Å². The second kappa shape index (κ2) is 13.6. The summed E-state index contributed by atoms with van der Waals surface area (Å²) in [6.07, 6.45) is 8.45. The van der Waals surface area contributed by atoms with Gasteiger partial charge in [0, 0.05) is 0 Å². The third-order valence-electron chi connectivity index (χ3n) is 5.43. The van der Waals surface area contributed by atoms with Crippen molar-refractivity contribution in [3.63, 3.8) is 0 Å². The number of carboxylic acids is 1. The Morgan fingerprint density at radius 1 is 0.897 bits per heavy atom. The Bertz CT molecular complexity index is 481. The van der Waals surface area contributed by atoms with Crippen LogP contribution in [-0.2, 0) is 23.9 Å². The van der Waals surface area contributed by atoms with Crippen molar-refractivity contribution >= 4 is 17.9 Å². The Labute approximate surface area is 174 Å². The predicted octanol–water partition coefficient (Wildman–Crippen LogP) is 4.14. The Balaban J connectivity index is 2.89. The van der Waals surface area contributed by atoms with E-state index >= 15 is 0 Å². The first-order valence-corrected chi connectivity index (χ1v) is 11.2. The maximum atomic E-state index is 12.3. The van der Waals surface area contributed by atoms with Gasteiger partial charge in [-0.3, -0.25) is 9.59 Å². The molecule has 1 fully saturated rings. The molecular formula is C22H38O7. The van der Waals surface area contributed by atoms with Crippen molar-refractivity contribution in [2.24, 2.45) is 0 Å². The van der Waals surface area contributed by atoms with Crippen LogP contribution in [0.2, 0.25) is 0 Å². The second-order valence-corrected chi connectivity index (χ2v) is 8.19. The molecule has 1 heterocycles. The highest BCUT2D eigenvalue weighted by Gasteiger charge is 2.42. The van der Waals surface area contributed by atoms with Crippen molar-refractivity contribution < 1.29 is 34.1 Å². The van der Waals surface area contributed by atoms with Gasteiger partial charge in [-0.05, 0) is 51.4 Å². The molecule has 0 bridgehead atoms. The highest BCUT2D eigenvalue weighted by Crippen LogP contribution is 2.24. The molecule has 1 aliphatic rings. The van der Waals surface area contributed by atoms with E-state index in [1.165, 1.54) is 0 Å². The molecule has 2 atom stereocenters. The van der Waals surface area contributed by atoms with Crippen LogP contribution < -0.4 is 0 Å². The summed E-state index contributed by atoms with van der Waals surface area (Å²) in [5, 5.41) is 19.8. The van der Waals surface area contributed by atoms with E-state index in [1.807, 2.05) is 0 Å². The lowest BCUT2D eigenvalue weighted by atomic mass is 9.95. The minimum Gasteiger partial charge on any atom is -0.479 e. The summed E-state index contributed by atoms with van der Waals surface area (Å²) in [5.74, 6) is -3.20. The van der Waals surface area contributed by atoms with Crippen LogP contribution in [0.25, 0.3) is 0 Å². The van der Waals surface area contributed by atoms with E-state index in [-0.39, 0.29) is 12.2 Å². The number of aliphatic carboxylic acids is 1. The van der Waals surface area contributed by atoms with Crippen molar-refractivity contribution in [3.8, 4) is 0 Å². The lowest BCUT2D eigenvalue weighted by molar-refractivity contribution is -0.176. The molecule has 0 radical (unpaired) electrons. The topological polar surface area (TPSA) is 110 Å². The van der Waals surface area contributed by atoms with Gasteiger partial charge in [-0.15, -0.1) is 0 Å². The van der Waals surface area contributed by atoms with Gasteiger partial charge in [-0.25, -0.2) is 4.79 Å². The van der Waals surface area contributed by atoms with Gasteiger partial charge in [0.05, 0.1) is 12.8 Å². The maximum absolute atomic E-state index is 12.3. The molecule has 0 aromatic carbocycles. The van der Waals surface area contributed by atoms with Crippen LogP contribution in [0.4, 0.5) is 0 Å². The average Bonchev–Trinajstić information content (AvgIpc) is 2.64. The largest absolute Gasteiger partial charge is 0.479 e. The number of ether oxygens (including phenoxy) is 2. The van der Waals surface area contributed by atoms with E-state index in [0.29, 0.717) is 12.8 Å². The number of unbranched alkanes of at least 4 members (excludes halogenated alkanes) is 4. The zero-order valence-corrected chi connectivity index (χ0v) is 18.0. The number of rotatable bonds is 9. The van der Waals surface area contributed by atoms with Gasteiger partial charge >= 0.3 is 17.9 Å². The van der Waals surface area contributed by atoms with E-state index in [4.69, 9.17) is 9.47 Å². The summed E-state index contributed by atoms with van der Waals surface area (Å²) in [5.41, 5.74) is -2.51. The quantitative estimate of drug-likeness (QED) is 0.431.